The molecule has 0 heterocycles. The van der Waals surface area contributed by atoms with Crippen LogP contribution in [-0.4, -0.2) is 16.9 Å². The van der Waals surface area contributed by atoms with Gasteiger partial charge in [0.05, 0.1) is 5.56 Å². The number of aryl methyl sites for hydroxylation is 2. The average molecular weight is 457 g/mol. The van der Waals surface area contributed by atoms with E-state index in [1.807, 2.05) is 58.0 Å². The second kappa shape index (κ2) is 9.97. The van der Waals surface area contributed by atoms with Crippen molar-refractivity contribution in [2.45, 2.75) is 74.1 Å². The lowest BCUT2D eigenvalue weighted by atomic mass is 9.78. The molecule has 0 radical (unpaired) electrons. The van der Waals surface area contributed by atoms with E-state index in [0.717, 1.165) is 56.5 Å². The van der Waals surface area contributed by atoms with Gasteiger partial charge in [-0.15, -0.1) is 0 Å². The van der Waals surface area contributed by atoms with E-state index in [1.54, 1.807) is 0 Å². The number of Topliss-reactive ketones (excluding diaryl/α,β-unsaturated/α-hetero) is 1. The van der Waals surface area contributed by atoms with Gasteiger partial charge in [0.25, 0.3) is 0 Å². The van der Waals surface area contributed by atoms with Gasteiger partial charge in [-0.1, -0.05) is 50.2 Å². The normalized spacial score (nSPS) is 12.0. The highest BCUT2D eigenvalue weighted by atomic mass is 16.4. The summed E-state index contributed by atoms with van der Waals surface area (Å²) in [5.74, 6) is -0.829. The third-order valence-electron chi connectivity index (χ3n) is 7.38. The Hall–Kier alpha value is -3.20. The third-order valence-corrected chi connectivity index (χ3v) is 7.38. The Bertz CT molecular complexity index is 1270. The van der Waals surface area contributed by atoms with Gasteiger partial charge in [0.15, 0.2) is 5.78 Å². The molecule has 178 valence electrons. The minimum Gasteiger partial charge on any atom is -0.478 e. The molecule has 0 saturated heterocycles. The van der Waals surface area contributed by atoms with Crippen molar-refractivity contribution in [3.63, 3.8) is 0 Å². The van der Waals surface area contributed by atoms with Gasteiger partial charge in [0.1, 0.15) is 0 Å². The quantitative estimate of drug-likeness (QED) is 0.368. The average Bonchev–Trinajstić information content (AvgIpc) is 2.76. The van der Waals surface area contributed by atoms with E-state index in [0.29, 0.717) is 12.0 Å². The van der Waals surface area contributed by atoms with Crippen LogP contribution in [0.15, 0.2) is 36.4 Å². The summed E-state index contributed by atoms with van der Waals surface area (Å²) >= 11 is 0. The van der Waals surface area contributed by atoms with Crippen LogP contribution in [0, 0.1) is 41.5 Å². The van der Waals surface area contributed by atoms with Crippen molar-refractivity contribution in [1.82, 2.24) is 0 Å². The first-order chi connectivity index (χ1) is 16.0. The molecule has 0 bridgehead atoms. The molecule has 0 aliphatic heterocycles. The van der Waals surface area contributed by atoms with Crippen molar-refractivity contribution in [2.24, 2.45) is 0 Å². The first-order valence-corrected chi connectivity index (χ1v) is 12.1. The van der Waals surface area contributed by atoms with E-state index in [2.05, 4.69) is 33.8 Å². The molecule has 1 N–H and O–H groups in total. The fourth-order valence-electron chi connectivity index (χ4n) is 5.78. The zero-order chi connectivity index (χ0) is 25.3. The summed E-state index contributed by atoms with van der Waals surface area (Å²) in [7, 11) is 0. The summed E-state index contributed by atoms with van der Waals surface area (Å²) in [4.78, 5) is 25.8. The second-order valence-corrected chi connectivity index (χ2v) is 9.58. The van der Waals surface area contributed by atoms with Crippen molar-refractivity contribution in [2.75, 3.05) is 0 Å². The number of carbonyl (C=O) groups excluding carboxylic acids is 1. The molecule has 0 aliphatic carbocycles. The lowest BCUT2D eigenvalue weighted by Crippen LogP contribution is -2.15. The van der Waals surface area contributed by atoms with Crippen molar-refractivity contribution in [1.29, 1.82) is 0 Å². The monoisotopic (exact) mass is 456 g/mol. The molecule has 0 saturated carbocycles. The molecular weight excluding hydrogens is 420 g/mol. The van der Waals surface area contributed by atoms with Crippen molar-refractivity contribution in [3.8, 4) is 11.1 Å². The van der Waals surface area contributed by atoms with Gasteiger partial charge < -0.3 is 5.11 Å². The third kappa shape index (κ3) is 4.44. The molecule has 0 fully saturated rings. The predicted molar refractivity (Wildman–Crippen MR) is 140 cm³/mol. The highest BCUT2D eigenvalue weighted by Gasteiger charge is 2.27. The van der Waals surface area contributed by atoms with E-state index in [-0.39, 0.29) is 11.7 Å². The van der Waals surface area contributed by atoms with Gasteiger partial charge in [-0.05, 0) is 110 Å². The van der Waals surface area contributed by atoms with Crippen LogP contribution in [0.1, 0.15) is 91.4 Å². The second-order valence-electron chi connectivity index (χ2n) is 9.58. The fraction of sp³-hybridized carbons (Fsp3) is 0.355. The Morgan fingerprint density at radius 2 is 1.44 bits per heavy atom. The highest BCUT2D eigenvalue weighted by molar-refractivity contribution is 6.00. The summed E-state index contributed by atoms with van der Waals surface area (Å²) in [6, 6.07) is 12.1. The molecule has 3 aromatic carbocycles. The molecular formula is C31H36O3. The molecule has 1 atom stereocenters. The molecule has 0 amide bonds. The maximum atomic E-state index is 13.7. The predicted octanol–water partition coefficient (Wildman–Crippen LogP) is 7.84. The number of carboxylic acid groups (broad SMARTS) is 1. The number of rotatable bonds is 7. The van der Waals surface area contributed by atoms with Crippen LogP contribution in [0.5, 0.6) is 0 Å². The number of ketones is 1. The maximum absolute atomic E-state index is 13.7. The van der Waals surface area contributed by atoms with Gasteiger partial charge in [-0.2, -0.15) is 0 Å². The molecule has 3 aromatic rings. The molecule has 3 rings (SSSR count). The Morgan fingerprint density at radius 3 is 2.00 bits per heavy atom. The van der Waals surface area contributed by atoms with E-state index in [1.165, 1.54) is 11.1 Å². The minimum absolute atomic E-state index is 0.0619. The largest absolute Gasteiger partial charge is 0.478 e. The van der Waals surface area contributed by atoms with Crippen molar-refractivity contribution < 1.29 is 14.7 Å². The summed E-state index contributed by atoms with van der Waals surface area (Å²) in [5.41, 5.74) is 11.3. The van der Waals surface area contributed by atoms with Crippen LogP contribution in [0.25, 0.3) is 11.1 Å². The van der Waals surface area contributed by atoms with Gasteiger partial charge in [-0.25, -0.2) is 4.79 Å². The number of aromatic carboxylic acids is 1. The highest BCUT2D eigenvalue weighted by Crippen LogP contribution is 2.40. The van der Waals surface area contributed by atoms with Gasteiger partial charge in [0.2, 0.25) is 0 Å². The van der Waals surface area contributed by atoms with Crippen molar-refractivity contribution in [3.05, 3.63) is 92.0 Å². The van der Waals surface area contributed by atoms with Crippen LogP contribution in [0.4, 0.5) is 0 Å². The Balaban J connectivity index is 2.17. The van der Waals surface area contributed by atoms with Crippen LogP contribution < -0.4 is 0 Å². The van der Waals surface area contributed by atoms with Crippen LogP contribution in [-0.2, 0) is 6.42 Å². The van der Waals surface area contributed by atoms with E-state index < -0.39 is 5.97 Å². The molecule has 1 unspecified atom stereocenters. The lowest BCUT2D eigenvalue weighted by molar-refractivity contribution is 0.0694. The van der Waals surface area contributed by atoms with Crippen LogP contribution in [0.2, 0.25) is 0 Å². The standard InChI is InChI=1S/C31H36O3/c1-9-25-17(2)15-18(3)27(22(25)7)26(32)16-19(4)28-20(5)21(6)29(31(33)34)23(8)30(28)24-13-11-10-12-14-24/h10-15,19H,9,16H2,1-8H3,(H,33,34). The molecule has 0 aromatic heterocycles. The number of carbonyl (C=O) groups is 2. The first-order valence-electron chi connectivity index (χ1n) is 12.1. The van der Waals surface area contributed by atoms with E-state index in [9.17, 15) is 14.7 Å². The number of benzene rings is 3. The van der Waals surface area contributed by atoms with Crippen LogP contribution >= 0.6 is 0 Å². The molecule has 0 spiro atoms. The Labute approximate surface area is 203 Å². The number of carboxylic acids is 1. The van der Waals surface area contributed by atoms with Crippen molar-refractivity contribution >= 4 is 11.8 Å². The lowest BCUT2D eigenvalue weighted by Gasteiger charge is -2.25. The summed E-state index contributed by atoms with van der Waals surface area (Å²) in [6.45, 7) is 16.2. The van der Waals surface area contributed by atoms with Gasteiger partial charge >= 0.3 is 5.97 Å². The Kier molecular flexibility index (Phi) is 7.45. The SMILES string of the molecule is CCc1c(C)cc(C)c(C(=O)CC(C)c2c(C)c(C)c(C(=O)O)c(C)c2-c2ccccc2)c1C. The molecule has 3 heteroatoms. The molecule has 34 heavy (non-hydrogen) atoms. The molecule has 0 aliphatic rings. The smallest absolute Gasteiger partial charge is 0.336 e. The number of hydrogen-bond donors (Lipinski definition) is 1. The zero-order valence-corrected chi connectivity index (χ0v) is 21.7. The minimum atomic E-state index is -0.913. The maximum Gasteiger partial charge on any atom is 0.336 e. The van der Waals surface area contributed by atoms with E-state index >= 15 is 0 Å². The topological polar surface area (TPSA) is 54.4 Å². The number of hydrogen-bond acceptors (Lipinski definition) is 2. The van der Waals surface area contributed by atoms with Gasteiger partial charge in [-0.3, -0.25) is 4.79 Å². The van der Waals surface area contributed by atoms with Crippen LogP contribution in [0.3, 0.4) is 0 Å². The first kappa shape index (κ1) is 25.4. The van der Waals surface area contributed by atoms with E-state index in [4.69, 9.17) is 0 Å². The zero-order valence-electron chi connectivity index (χ0n) is 21.7. The summed E-state index contributed by atoms with van der Waals surface area (Å²) < 4.78 is 0. The van der Waals surface area contributed by atoms with Gasteiger partial charge in [0, 0.05) is 12.0 Å². The molecule has 3 nitrogen and oxygen atoms in total. The Morgan fingerprint density at radius 1 is 0.824 bits per heavy atom. The summed E-state index contributed by atoms with van der Waals surface area (Å²) in [5, 5.41) is 9.94. The fourth-order valence-corrected chi connectivity index (χ4v) is 5.78. The summed E-state index contributed by atoms with van der Waals surface area (Å²) in [6.07, 6.45) is 1.28.